The second kappa shape index (κ2) is 5.88. The molecule has 1 atom stereocenters. The zero-order valence-electron chi connectivity index (χ0n) is 14.8. The van der Waals surface area contributed by atoms with Gasteiger partial charge in [-0.25, -0.2) is 0 Å². The predicted octanol–water partition coefficient (Wildman–Crippen LogP) is -0.377. The lowest BCUT2D eigenvalue weighted by atomic mass is 10.0. The van der Waals surface area contributed by atoms with Gasteiger partial charge in [0.05, 0.1) is 0 Å². The number of carbonyl (C=O) groups is 4. The molecule has 0 unspecified atom stereocenters. The van der Waals surface area contributed by atoms with Crippen molar-refractivity contribution < 1.29 is 19.2 Å². The van der Waals surface area contributed by atoms with E-state index in [1.54, 1.807) is 6.07 Å². The molecule has 0 radical (unpaired) electrons. The largest absolute Gasteiger partial charge is 0.334 e. The summed E-state index contributed by atoms with van der Waals surface area (Å²) in [5, 5.41) is 5.52. The molecule has 1 aromatic rings. The van der Waals surface area contributed by atoms with Gasteiger partial charge in [0.2, 0.25) is 11.8 Å². The lowest BCUT2D eigenvalue weighted by Gasteiger charge is -2.31. The zero-order chi connectivity index (χ0) is 18.7. The monoisotopic (exact) mass is 368 g/mol. The molecule has 0 saturated carbocycles. The van der Waals surface area contributed by atoms with Crippen LogP contribution in [-0.4, -0.2) is 59.1 Å². The maximum atomic E-state index is 12.9. The van der Waals surface area contributed by atoms with Gasteiger partial charge in [-0.3, -0.25) is 24.5 Å². The molecule has 4 amide bonds. The number of rotatable bonds is 3. The molecule has 2 N–H and O–H groups in total. The van der Waals surface area contributed by atoms with Gasteiger partial charge in [0.1, 0.15) is 6.04 Å². The fraction of sp³-hybridized carbons (Fsp3) is 0.474. The van der Waals surface area contributed by atoms with E-state index in [0.717, 1.165) is 30.8 Å². The Morgan fingerprint density at radius 3 is 2.41 bits per heavy atom. The average Bonchev–Trinajstić information content (AvgIpc) is 3.07. The van der Waals surface area contributed by atoms with Crippen molar-refractivity contribution in [3.8, 4) is 0 Å². The van der Waals surface area contributed by atoms with Crippen molar-refractivity contribution in [2.75, 3.05) is 19.6 Å². The number of hydrogen-bond acceptors (Lipinski definition) is 5. The first-order valence-corrected chi connectivity index (χ1v) is 9.31. The van der Waals surface area contributed by atoms with Crippen molar-refractivity contribution >= 4 is 23.6 Å². The number of hydrogen-bond donors (Lipinski definition) is 2. The van der Waals surface area contributed by atoms with Gasteiger partial charge < -0.3 is 15.1 Å². The third kappa shape index (κ3) is 2.55. The van der Waals surface area contributed by atoms with Crippen LogP contribution >= 0.6 is 0 Å². The summed E-state index contributed by atoms with van der Waals surface area (Å²) in [6, 6.07) is 3.00. The van der Waals surface area contributed by atoms with Crippen molar-refractivity contribution in [3.63, 3.8) is 0 Å². The number of benzene rings is 1. The third-order valence-electron chi connectivity index (χ3n) is 5.97. The molecule has 0 spiro atoms. The minimum Gasteiger partial charge on any atom is -0.334 e. The number of amides is 4. The molecule has 0 aliphatic carbocycles. The van der Waals surface area contributed by atoms with Crippen LogP contribution in [0.5, 0.6) is 0 Å². The van der Waals surface area contributed by atoms with Crippen molar-refractivity contribution in [2.45, 2.75) is 32.0 Å². The van der Waals surface area contributed by atoms with Crippen LogP contribution in [0.15, 0.2) is 12.1 Å². The van der Waals surface area contributed by atoms with E-state index in [0.29, 0.717) is 36.6 Å². The predicted molar refractivity (Wildman–Crippen MR) is 93.6 cm³/mol. The Morgan fingerprint density at radius 1 is 0.963 bits per heavy atom. The Balaban J connectivity index is 1.38. The van der Waals surface area contributed by atoms with Crippen LogP contribution < -0.4 is 10.6 Å². The lowest BCUT2D eigenvalue weighted by molar-refractivity contribution is -0.136. The molecule has 8 nitrogen and oxygen atoms in total. The van der Waals surface area contributed by atoms with E-state index in [4.69, 9.17) is 0 Å². The molecule has 8 heteroatoms. The quantitative estimate of drug-likeness (QED) is 0.709. The molecule has 2 fully saturated rings. The highest BCUT2D eigenvalue weighted by atomic mass is 16.2. The van der Waals surface area contributed by atoms with Gasteiger partial charge in [-0.15, -0.1) is 0 Å². The molecule has 2 saturated heterocycles. The summed E-state index contributed by atoms with van der Waals surface area (Å²) >= 11 is 0. The fourth-order valence-electron chi connectivity index (χ4n) is 4.38. The molecule has 0 aromatic heterocycles. The first-order valence-electron chi connectivity index (χ1n) is 9.31. The number of nitrogens with one attached hydrogen (secondary N) is 2. The van der Waals surface area contributed by atoms with Gasteiger partial charge >= 0.3 is 0 Å². The molecular formula is C19H20N4O4. The first kappa shape index (κ1) is 16.4. The van der Waals surface area contributed by atoms with Gasteiger partial charge in [0.15, 0.2) is 0 Å². The van der Waals surface area contributed by atoms with Crippen molar-refractivity contribution in [2.24, 2.45) is 5.92 Å². The normalized spacial score (nSPS) is 24.8. The molecule has 4 aliphatic heterocycles. The van der Waals surface area contributed by atoms with E-state index in [1.807, 2.05) is 11.0 Å². The van der Waals surface area contributed by atoms with Crippen LogP contribution in [0.1, 0.15) is 44.7 Å². The summed E-state index contributed by atoms with van der Waals surface area (Å²) in [5.74, 6) is -0.480. The van der Waals surface area contributed by atoms with Crippen LogP contribution in [0.25, 0.3) is 0 Å². The highest BCUT2D eigenvalue weighted by molar-refractivity contribution is 6.07. The van der Waals surface area contributed by atoms with Crippen LogP contribution in [0.2, 0.25) is 0 Å². The van der Waals surface area contributed by atoms with E-state index < -0.39 is 11.9 Å². The Labute approximate surface area is 155 Å². The Morgan fingerprint density at radius 2 is 1.70 bits per heavy atom. The summed E-state index contributed by atoms with van der Waals surface area (Å²) in [6.45, 7) is 3.53. The summed E-state index contributed by atoms with van der Waals surface area (Å²) < 4.78 is 0. The topological polar surface area (TPSA) is 98.8 Å². The maximum Gasteiger partial charge on any atom is 0.255 e. The molecular weight excluding hydrogens is 348 g/mol. The van der Waals surface area contributed by atoms with Crippen LogP contribution in [0.4, 0.5) is 0 Å². The van der Waals surface area contributed by atoms with E-state index in [-0.39, 0.29) is 24.1 Å². The van der Waals surface area contributed by atoms with Crippen molar-refractivity contribution in [1.29, 1.82) is 0 Å². The Kier molecular flexibility index (Phi) is 3.58. The highest BCUT2D eigenvalue weighted by Gasteiger charge is 2.41. The standard InChI is InChI=1S/C19H20N4O4/c24-16-2-1-15(17(25)21-16)23-9-12-3-11-8-22(7-10-5-20-6-10)18(26)13(11)4-14(12)19(23)27/h3-4,10,15,20H,1-2,5-9H2,(H,21,24,25)/t15-/m0/s1. The molecule has 4 aliphatic rings. The third-order valence-corrected chi connectivity index (χ3v) is 5.97. The molecule has 27 heavy (non-hydrogen) atoms. The maximum absolute atomic E-state index is 12.9. The van der Waals surface area contributed by atoms with Crippen molar-refractivity contribution in [1.82, 2.24) is 20.4 Å². The van der Waals surface area contributed by atoms with Crippen LogP contribution in [0.3, 0.4) is 0 Å². The SMILES string of the molecule is O=C1CC[C@H](N2Cc3cc4c(cc3C2=O)C(=O)N(CC2CNC2)C4)C(=O)N1. The Bertz CT molecular complexity index is 892. The number of carbonyl (C=O) groups excluding carboxylic acids is 4. The fourth-order valence-corrected chi connectivity index (χ4v) is 4.38. The number of imide groups is 1. The summed E-state index contributed by atoms with van der Waals surface area (Å²) in [6.07, 6.45) is 0.572. The lowest BCUT2D eigenvalue weighted by Crippen LogP contribution is -2.52. The van der Waals surface area contributed by atoms with Crippen LogP contribution in [-0.2, 0) is 22.7 Å². The van der Waals surface area contributed by atoms with Gasteiger partial charge in [0.25, 0.3) is 11.8 Å². The van der Waals surface area contributed by atoms with Gasteiger partial charge in [-0.1, -0.05) is 6.07 Å². The molecule has 5 rings (SSSR count). The Hall–Kier alpha value is -2.74. The molecule has 140 valence electrons. The zero-order valence-corrected chi connectivity index (χ0v) is 14.8. The van der Waals surface area contributed by atoms with E-state index in [9.17, 15) is 19.2 Å². The number of piperidine rings is 1. The van der Waals surface area contributed by atoms with Gasteiger partial charge in [0, 0.05) is 56.2 Å². The second-order valence-electron chi connectivity index (χ2n) is 7.78. The number of nitrogens with zero attached hydrogens (tertiary/aromatic N) is 2. The van der Waals surface area contributed by atoms with E-state index in [1.165, 1.54) is 4.90 Å². The number of fused-ring (bicyclic) bond motifs is 2. The molecule has 4 heterocycles. The summed E-state index contributed by atoms with van der Waals surface area (Å²) in [4.78, 5) is 52.5. The average molecular weight is 368 g/mol. The van der Waals surface area contributed by atoms with E-state index >= 15 is 0 Å². The van der Waals surface area contributed by atoms with Crippen LogP contribution in [0, 0.1) is 5.92 Å². The smallest absolute Gasteiger partial charge is 0.255 e. The minimum absolute atomic E-state index is 0.0213. The molecule has 0 bridgehead atoms. The van der Waals surface area contributed by atoms with Gasteiger partial charge in [-0.05, 0) is 23.6 Å². The summed E-state index contributed by atoms with van der Waals surface area (Å²) in [7, 11) is 0. The molecule has 1 aromatic carbocycles. The highest BCUT2D eigenvalue weighted by Crippen LogP contribution is 2.33. The minimum atomic E-state index is -0.629. The first-order chi connectivity index (χ1) is 13.0. The van der Waals surface area contributed by atoms with E-state index in [2.05, 4.69) is 10.6 Å². The van der Waals surface area contributed by atoms with Crippen molar-refractivity contribution in [3.05, 3.63) is 34.4 Å². The summed E-state index contributed by atoms with van der Waals surface area (Å²) in [5.41, 5.74) is 2.89. The second-order valence-corrected chi connectivity index (χ2v) is 7.78. The van der Waals surface area contributed by atoms with Gasteiger partial charge in [-0.2, -0.15) is 0 Å².